The predicted molar refractivity (Wildman–Crippen MR) is 73.0 cm³/mol. The summed E-state index contributed by atoms with van der Waals surface area (Å²) >= 11 is 0. The van der Waals surface area contributed by atoms with Gasteiger partial charge in [0.1, 0.15) is 13.2 Å². The number of H-pyrrole nitrogens is 1. The van der Waals surface area contributed by atoms with Crippen molar-refractivity contribution in [1.29, 1.82) is 0 Å². The molecule has 2 heterocycles. The fraction of sp³-hybridized carbons (Fsp3) is 0.286. The van der Waals surface area contributed by atoms with E-state index in [-0.39, 0.29) is 5.91 Å². The van der Waals surface area contributed by atoms with Gasteiger partial charge in [0.15, 0.2) is 11.5 Å². The van der Waals surface area contributed by atoms with Crippen molar-refractivity contribution in [1.82, 2.24) is 9.97 Å². The summed E-state index contributed by atoms with van der Waals surface area (Å²) in [5.41, 5.74) is 1.66. The Morgan fingerprint density at radius 1 is 1.30 bits per heavy atom. The molecule has 0 saturated carbocycles. The molecule has 104 valence electrons. The second-order valence-corrected chi connectivity index (χ2v) is 4.48. The number of aromatic amines is 1. The third-order valence-electron chi connectivity index (χ3n) is 3.00. The predicted octanol–water partition coefficient (Wildman–Crippen LogP) is 1.75. The van der Waals surface area contributed by atoms with E-state index in [0.29, 0.717) is 43.2 Å². The molecule has 0 fully saturated rings. The molecule has 1 aromatic heterocycles. The Morgan fingerprint density at radius 3 is 2.95 bits per heavy atom. The number of benzene rings is 1. The van der Waals surface area contributed by atoms with Gasteiger partial charge >= 0.3 is 0 Å². The van der Waals surface area contributed by atoms with E-state index in [4.69, 9.17) is 9.47 Å². The maximum Gasteiger partial charge on any atom is 0.224 e. The zero-order chi connectivity index (χ0) is 13.8. The van der Waals surface area contributed by atoms with E-state index >= 15 is 0 Å². The molecule has 1 aliphatic rings. The van der Waals surface area contributed by atoms with Crippen LogP contribution in [0.5, 0.6) is 11.5 Å². The van der Waals surface area contributed by atoms with Crippen LogP contribution in [0.4, 0.5) is 5.69 Å². The van der Waals surface area contributed by atoms with Crippen LogP contribution in [0.3, 0.4) is 0 Å². The number of amides is 1. The Labute approximate surface area is 116 Å². The number of hydrogen-bond acceptors (Lipinski definition) is 4. The number of carbonyl (C=O) groups excluding carboxylic acids is 1. The van der Waals surface area contributed by atoms with Crippen LogP contribution in [0.15, 0.2) is 30.7 Å². The number of rotatable bonds is 4. The quantitative estimate of drug-likeness (QED) is 0.889. The Hall–Kier alpha value is -2.50. The number of aromatic nitrogens is 2. The molecule has 0 bridgehead atoms. The highest BCUT2D eigenvalue weighted by atomic mass is 16.6. The Kier molecular flexibility index (Phi) is 3.54. The van der Waals surface area contributed by atoms with Gasteiger partial charge in [-0.05, 0) is 18.6 Å². The lowest BCUT2D eigenvalue weighted by atomic mass is 10.2. The van der Waals surface area contributed by atoms with Crippen LogP contribution in [0.25, 0.3) is 0 Å². The van der Waals surface area contributed by atoms with Crippen LogP contribution < -0.4 is 14.8 Å². The molecule has 6 heteroatoms. The van der Waals surface area contributed by atoms with Gasteiger partial charge in [0.2, 0.25) is 5.91 Å². The number of fused-ring (bicyclic) bond motifs is 1. The lowest BCUT2D eigenvalue weighted by Crippen LogP contribution is -2.16. The van der Waals surface area contributed by atoms with Crippen molar-refractivity contribution in [3.05, 3.63) is 36.4 Å². The number of ether oxygens (including phenoxy) is 2. The summed E-state index contributed by atoms with van der Waals surface area (Å²) in [5.74, 6) is 1.34. The van der Waals surface area contributed by atoms with Gasteiger partial charge in [0, 0.05) is 30.1 Å². The minimum Gasteiger partial charge on any atom is -0.486 e. The number of imidazole rings is 1. The lowest BCUT2D eigenvalue weighted by molar-refractivity contribution is -0.116. The molecular weight excluding hydrogens is 258 g/mol. The van der Waals surface area contributed by atoms with Gasteiger partial charge in [-0.15, -0.1) is 0 Å². The molecule has 2 N–H and O–H groups in total. The van der Waals surface area contributed by atoms with Gasteiger partial charge in [-0.2, -0.15) is 0 Å². The van der Waals surface area contributed by atoms with Crippen molar-refractivity contribution in [3.63, 3.8) is 0 Å². The van der Waals surface area contributed by atoms with Crippen LogP contribution in [0.1, 0.15) is 12.1 Å². The van der Waals surface area contributed by atoms with Gasteiger partial charge in [-0.25, -0.2) is 4.98 Å². The molecule has 1 amide bonds. The van der Waals surface area contributed by atoms with E-state index < -0.39 is 0 Å². The minimum atomic E-state index is -0.0451. The number of nitrogens with zero attached hydrogens (tertiary/aromatic N) is 1. The molecule has 0 aliphatic carbocycles. The van der Waals surface area contributed by atoms with Gasteiger partial charge in [-0.1, -0.05) is 0 Å². The summed E-state index contributed by atoms with van der Waals surface area (Å²) in [5, 5.41) is 2.85. The average molecular weight is 273 g/mol. The summed E-state index contributed by atoms with van der Waals surface area (Å²) in [6, 6.07) is 5.39. The fourth-order valence-electron chi connectivity index (χ4n) is 2.01. The summed E-state index contributed by atoms with van der Waals surface area (Å²) < 4.78 is 10.9. The monoisotopic (exact) mass is 273 g/mol. The number of aryl methyl sites for hydroxylation is 1. The molecule has 1 aliphatic heterocycles. The first-order valence-corrected chi connectivity index (χ1v) is 6.48. The van der Waals surface area contributed by atoms with Crippen molar-refractivity contribution in [3.8, 4) is 11.5 Å². The van der Waals surface area contributed by atoms with Gasteiger partial charge in [0.05, 0.1) is 6.33 Å². The molecule has 20 heavy (non-hydrogen) atoms. The fourth-order valence-corrected chi connectivity index (χ4v) is 2.01. The van der Waals surface area contributed by atoms with E-state index in [2.05, 4.69) is 15.3 Å². The molecule has 0 atom stereocenters. The highest BCUT2D eigenvalue weighted by molar-refractivity contribution is 5.91. The van der Waals surface area contributed by atoms with E-state index in [1.54, 1.807) is 24.7 Å². The van der Waals surface area contributed by atoms with Crippen LogP contribution in [-0.2, 0) is 11.2 Å². The second kappa shape index (κ2) is 5.64. The molecule has 0 saturated heterocycles. The minimum absolute atomic E-state index is 0.0451. The van der Waals surface area contributed by atoms with Gasteiger partial charge in [-0.3, -0.25) is 4.79 Å². The molecular formula is C14H15N3O3. The lowest BCUT2D eigenvalue weighted by Gasteiger charge is -2.19. The maximum atomic E-state index is 11.9. The summed E-state index contributed by atoms with van der Waals surface area (Å²) in [6.45, 7) is 1.09. The molecule has 2 aromatic rings. The molecule has 0 spiro atoms. The average Bonchev–Trinajstić information content (AvgIpc) is 2.98. The van der Waals surface area contributed by atoms with E-state index in [1.165, 1.54) is 0 Å². The Balaban J connectivity index is 1.58. The summed E-state index contributed by atoms with van der Waals surface area (Å²) in [7, 11) is 0. The summed E-state index contributed by atoms with van der Waals surface area (Å²) in [4.78, 5) is 18.7. The Bertz CT molecular complexity index is 596. The molecule has 6 nitrogen and oxygen atoms in total. The zero-order valence-electron chi connectivity index (χ0n) is 10.9. The largest absolute Gasteiger partial charge is 0.486 e. The van der Waals surface area contributed by atoms with Gasteiger partial charge in [0.25, 0.3) is 0 Å². The Morgan fingerprint density at radius 2 is 2.15 bits per heavy atom. The first-order valence-electron chi connectivity index (χ1n) is 6.48. The SMILES string of the molecule is O=C(CCc1cnc[nH]1)Nc1ccc2c(c1)OCCO2. The number of nitrogens with one attached hydrogen (secondary N) is 2. The first-order chi connectivity index (χ1) is 9.81. The van der Waals surface area contributed by atoms with Crippen LogP contribution in [0.2, 0.25) is 0 Å². The van der Waals surface area contributed by atoms with Crippen molar-refractivity contribution < 1.29 is 14.3 Å². The van der Waals surface area contributed by atoms with Crippen LogP contribution in [0, 0.1) is 0 Å². The third kappa shape index (κ3) is 2.90. The summed E-state index contributed by atoms with van der Waals surface area (Å²) in [6.07, 6.45) is 4.36. The number of anilines is 1. The normalized spacial score (nSPS) is 13.0. The van der Waals surface area contributed by atoms with Crippen molar-refractivity contribution >= 4 is 11.6 Å². The standard InChI is InChI=1S/C14H15N3O3/c18-14(4-2-11-8-15-9-16-11)17-10-1-3-12-13(7-10)20-6-5-19-12/h1,3,7-9H,2,4-6H2,(H,15,16)(H,17,18). The molecule has 0 unspecified atom stereocenters. The topological polar surface area (TPSA) is 76.2 Å². The van der Waals surface area contributed by atoms with E-state index in [0.717, 1.165) is 5.69 Å². The van der Waals surface area contributed by atoms with Gasteiger partial charge < -0.3 is 19.8 Å². The van der Waals surface area contributed by atoms with Crippen molar-refractivity contribution in [2.45, 2.75) is 12.8 Å². The van der Waals surface area contributed by atoms with Crippen molar-refractivity contribution in [2.75, 3.05) is 18.5 Å². The van der Waals surface area contributed by atoms with E-state index in [1.807, 2.05) is 6.07 Å². The zero-order valence-corrected chi connectivity index (χ0v) is 10.9. The number of hydrogen-bond donors (Lipinski definition) is 2. The highest BCUT2D eigenvalue weighted by Crippen LogP contribution is 2.32. The maximum absolute atomic E-state index is 11.9. The molecule has 3 rings (SSSR count). The number of carbonyl (C=O) groups is 1. The third-order valence-corrected chi connectivity index (χ3v) is 3.00. The van der Waals surface area contributed by atoms with E-state index in [9.17, 15) is 4.79 Å². The van der Waals surface area contributed by atoms with Crippen molar-refractivity contribution in [2.24, 2.45) is 0 Å². The smallest absolute Gasteiger partial charge is 0.224 e. The second-order valence-electron chi connectivity index (χ2n) is 4.48. The van der Waals surface area contributed by atoms with Crippen LogP contribution >= 0.6 is 0 Å². The molecule has 0 radical (unpaired) electrons. The first kappa shape index (κ1) is 12.5. The molecule has 1 aromatic carbocycles. The highest BCUT2D eigenvalue weighted by Gasteiger charge is 2.12. The van der Waals surface area contributed by atoms with Crippen LogP contribution in [-0.4, -0.2) is 29.1 Å².